The molecule has 0 aliphatic heterocycles. The highest BCUT2D eigenvalue weighted by molar-refractivity contribution is 5.80. The second-order valence-electron chi connectivity index (χ2n) is 7.09. The summed E-state index contributed by atoms with van der Waals surface area (Å²) in [5.74, 6) is 0.0839. The number of amides is 1. The molecule has 7 nitrogen and oxygen atoms in total. The van der Waals surface area contributed by atoms with E-state index in [0.717, 1.165) is 17.7 Å². The maximum absolute atomic E-state index is 12.8. The Morgan fingerprint density at radius 3 is 2.48 bits per heavy atom. The number of aromatic nitrogens is 2. The minimum atomic E-state index is -4.51. The summed E-state index contributed by atoms with van der Waals surface area (Å²) in [4.78, 5) is 24.4. The summed E-state index contributed by atoms with van der Waals surface area (Å²) in [6.45, 7) is 1.60. The van der Waals surface area contributed by atoms with Crippen molar-refractivity contribution in [3.8, 4) is 22.8 Å². The number of benzene rings is 2. The van der Waals surface area contributed by atoms with Crippen LogP contribution in [-0.2, 0) is 17.5 Å². The Bertz CT molecular complexity index is 1160. The fourth-order valence-electron chi connectivity index (χ4n) is 2.96. The number of carbonyl (C=O) groups is 1. The Labute approximate surface area is 187 Å². The highest BCUT2D eigenvalue weighted by Gasteiger charge is 2.30. The van der Waals surface area contributed by atoms with Crippen LogP contribution in [0, 0.1) is 0 Å². The van der Waals surface area contributed by atoms with Gasteiger partial charge in [0.25, 0.3) is 11.5 Å². The number of nitrogens with one attached hydrogen (secondary N) is 1. The zero-order chi connectivity index (χ0) is 24.0. The number of ether oxygens (including phenoxy) is 2. The molecule has 10 heteroatoms. The number of hydrogen-bond acceptors (Lipinski definition) is 5. The molecule has 1 N–H and O–H groups in total. The first-order valence-corrected chi connectivity index (χ1v) is 10.0. The number of hydrogen-bond donors (Lipinski definition) is 1. The van der Waals surface area contributed by atoms with Gasteiger partial charge in [0.05, 0.1) is 24.9 Å². The molecule has 1 amide bonds. The van der Waals surface area contributed by atoms with E-state index in [1.807, 2.05) is 12.1 Å². The van der Waals surface area contributed by atoms with Gasteiger partial charge in [-0.1, -0.05) is 6.07 Å². The molecule has 1 unspecified atom stereocenters. The first-order chi connectivity index (χ1) is 15.7. The Kier molecular flexibility index (Phi) is 7.37. The number of methoxy groups -OCH3 is 1. The lowest BCUT2D eigenvalue weighted by Crippen LogP contribution is -2.39. The van der Waals surface area contributed by atoms with Gasteiger partial charge >= 0.3 is 6.18 Å². The molecule has 174 valence electrons. The SMILES string of the molecule is COc1ccc(-c2ccc(=O)n(CCNC(=O)C(C)Oc3cccc(C(F)(F)F)c3)n2)cc1. The van der Waals surface area contributed by atoms with E-state index in [9.17, 15) is 22.8 Å². The van der Waals surface area contributed by atoms with Gasteiger partial charge < -0.3 is 14.8 Å². The van der Waals surface area contributed by atoms with Crippen LogP contribution in [0.4, 0.5) is 13.2 Å². The van der Waals surface area contributed by atoms with E-state index in [0.29, 0.717) is 11.4 Å². The van der Waals surface area contributed by atoms with Crippen molar-refractivity contribution in [2.24, 2.45) is 0 Å². The Balaban J connectivity index is 1.58. The molecule has 0 radical (unpaired) electrons. The molecule has 0 fully saturated rings. The molecule has 0 bridgehead atoms. The van der Waals surface area contributed by atoms with E-state index in [1.54, 1.807) is 25.3 Å². The molecule has 0 aliphatic carbocycles. The van der Waals surface area contributed by atoms with Crippen molar-refractivity contribution < 1.29 is 27.4 Å². The smallest absolute Gasteiger partial charge is 0.416 e. The monoisotopic (exact) mass is 461 g/mol. The maximum atomic E-state index is 12.8. The average molecular weight is 461 g/mol. The van der Waals surface area contributed by atoms with Crippen LogP contribution < -0.4 is 20.3 Å². The van der Waals surface area contributed by atoms with E-state index in [-0.39, 0.29) is 24.4 Å². The largest absolute Gasteiger partial charge is 0.497 e. The van der Waals surface area contributed by atoms with Gasteiger partial charge in [-0.15, -0.1) is 0 Å². The van der Waals surface area contributed by atoms with Gasteiger partial charge in [-0.2, -0.15) is 18.3 Å². The van der Waals surface area contributed by atoms with Crippen molar-refractivity contribution in [1.29, 1.82) is 0 Å². The number of carbonyl (C=O) groups excluding carboxylic acids is 1. The molecule has 1 heterocycles. The van der Waals surface area contributed by atoms with Crippen molar-refractivity contribution in [2.75, 3.05) is 13.7 Å². The summed E-state index contributed by atoms with van der Waals surface area (Å²) >= 11 is 0. The highest BCUT2D eigenvalue weighted by atomic mass is 19.4. The summed E-state index contributed by atoms with van der Waals surface area (Å²) in [6, 6.07) is 14.5. The van der Waals surface area contributed by atoms with Crippen molar-refractivity contribution in [3.63, 3.8) is 0 Å². The molecule has 0 saturated heterocycles. The van der Waals surface area contributed by atoms with Crippen molar-refractivity contribution in [3.05, 3.63) is 76.6 Å². The standard InChI is InChI=1S/C23H22F3N3O4/c1-15(33-19-5-3-4-17(14-19)23(24,25)26)22(31)27-12-13-29-21(30)11-10-20(28-29)16-6-8-18(32-2)9-7-16/h3-11,14-15H,12-13H2,1-2H3,(H,27,31). The zero-order valence-corrected chi connectivity index (χ0v) is 17.9. The minimum absolute atomic E-state index is 0.0717. The quantitative estimate of drug-likeness (QED) is 0.555. The third kappa shape index (κ3) is 6.34. The lowest BCUT2D eigenvalue weighted by Gasteiger charge is -2.16. The fraction of sp³-hybridized carbons (Fsp3) is 0.261. The van der Waals surface area contributed by atoms with Crippen LogP contribution in [0.2, 0.25) is 0 Å². The first-order valence-electron chi connectivity index (χ1n) is 10.0. The predicted octanol–water partition coefficient (Wildman–Crippen LogP) is 3.52. The van der Waals surface area contributed by atoms with Gasteiger partial charge in [0, 0.05) is 18.2 Å². The van der Waals surface area contributed by atoms with Crippen LogP contribution >= 0.6 is 0 Å². The van der Waals surface area contributed by atoms with Crippen LogP contribution in [0.5, 0.6) is 11.5 Å². The van der Waals surface area contributed by atoms with Crippen LogP contribution in [0.3, 0.4) is 0 Å². The lowest BCUT2D eigenvalue weighted by molar-refractivity contribution is -0.137. The molecule has 2 aromatic carbocycles. The fourth-order valence-corrected chi connectivity index (χ4v) is 2.96. The summed E-state index contributed by atoms with van der Waals surface area (Å²) < 4.78 is 50.1. The van der Waals surface area contributed by atoms with Crippen molar-refractivity contribution >= 4 is 5.91 Å². The van der Waals surface area contributed by atoms with Crippen LogP contribution in [0.15, 0.2) is 65.5 Å². The van der Waals surface area contributed by atoms with E-state index < -0.39 is 23.8 Å². The van der Waals surface area contributed by atoms with Gasteiger partial charge in [-0.25, -0.2) is 4.68 Å². The molecule has 3 rings (SSSR count). The molecule has 3 aromatic rings. The Hall–Kier alpha value is -3.82. The number of halogens is 3. The van der Waals surface area contributed by atoms with Crippen LogP contribution in [0.1, 0.15) is 12.5 Å². The van der Waals surface area contributed by atoms with E-state index in [2.05, 4.69) is 10.4 Å². The third-order valence-electron chi connectivity index (χ3n) is 4.72. The minimum Gasteiger partial charge on any atom is -0.497 e. The summed E-state index contributed by atoms with van der Waals surface area (Å²) in [7, 11) is 1.56. The normalized spacial score (nSPS) is 12.2. The Morgan fingerprint density at radius 1 is 1.09 bits per heavy atom. The van der Waals surface area contributed by atoms with Gasteiger partial charge in [0.15, 0.2) is 6.10 Å². The summed E-state index contributed by atoms with van der Waals surface area (Å²) in [6.07, 6.45) is -5.55. The van der Waals surface area contributed by atoms with E-state index >= 15 is 0 Å². The van der Waals surface area contributed by atoms with Crippen LogP contribution in [0.25, 0.3) is 11.3 Å². The number of rotatable bonds is 8. The average Bonchev–Trinajstić information content (AvgIpc) is 2.80. The number of alkyl halides is 3. The second-order valence-corrected chi connectivity index (χ2v) is 7.09. The van der Waals surface area contributed by atoms with Gasteiger partial charge in [0.2, 0.25) is 0 Å². The molecule has 0 aliphatic rings. The van der Waals surface area contributed by atoms with Crippen molar-refractivity contribution in [1.82, 2.24) is 15.1 Å². The third-order valence-corrected chi connectivity index (χ3v) is 4.72. The van der Waals surface area contributed by atoms with Gasteiger partial charge in [-0.3, -0.25) is 9.59 Å². The maximum Gasteiger partial charge on any atom is 0.416 e. The molecule has 1 atom stereocenters. The molecule has 33 heavy (non-hydrogen) atoms. The number of nitrogens with zero attached hydrogens (tertiary/aromatic N) is 2. The predicted molar refractivity (Wildman–Crippen MR) is 115 cm³/mol. The van der Waals surface area contributed by atoms with Gasteiger partial charge in [0.1, 0.15) is 11.5 Å². The molecule has 1 aromatic heterocycles. The van der Waals surface area contributed by atoms with E-state index in [4.69, 9.17) is 9.47 Å². The van der Waals surface area contributed by atoms with Gasteiger partial charge in [-0.05, 0) is 55.5 Å². The van der Waals surface area contributed by atoms with Crippen molar-refractivity contribution in [2.45, 2.75) is 25.7 Å². The molecule has 0 saturated carbocycles. The highest BCUT2D eigenvalue weighted by Crippen LogP contribution is 2.31. The summed E-state index contributed by atoms with van der Waals surface area (Å²) in [5.41, 5.74) is 0.158. The Morgan fingerprint density at radius 2 is 1.82 bits per heavy atom. The second kappa shape index (κ2) is 10.2. The molecular weight excluding hydrogens is 439 g/mol. The summed E-state index contributed by atoms with van der Waals surface area (Å²) in [5, 5.41) is 6.91. The topological polar surface area (TPSA) is 82.5 Å². The lowest BCUT2D eigenvalue weighted by atomic mass is 10.1. The van der Waals surface area contributed by atoms with E-state index in [1.165, 1.54) is 29.8 Å². The zero-order valence-electron chi connectivity index (χ0n) is 17.9. The van der Waals surface area contributed by atoms with Crippen LogP contribution in [-0.4, -0.2) is 35.4 Å². The molecule has 0 spiro atoms. The first kappa shape index (κ1) is 23.8. The molecular formula is C23H22F3N3O4.